The van der Waals surface area contributed by atoms with Gasteiger partial charge < -0.3 is 5.32 Å². The molecule has 0 aromatic heterocycles. The fourth-order valence-electron chi connectivity index (χ4n) is 5.09. The Hall–Kier alpha value is -0.0800. The average molecular weight is 264 g/mol. The maximum absolute atomic E-state index is 3.35. The number of nitrogens with zero attached hydrogens (tertiary/aromatic N) is 1. The smallest absolute Gasteiger partial charge is 0.0155 e. The molecular weight excluding hydrogens is 232 g/mol. The van der Waals surface area contributed by atoms with Crippen molar-refractivity contribution in [3.8, 4) is 0 Å². The molecule has 3 fully saturated rings. The third-order valence-corrected chi connectivity index (χ3v) is 6.27. The van der Waals surface area contributed by atoms with E-state index in [4.69, 9.17) is 0 Å². The first-order valence-electron chi connectivity index (χ1n) is 8.76. The van der Waals surface area contributed by atoms with Crippen LogP contribution in [0.15, 0.2) is 0 Å². The molecule has 2 heteroatoms. The summed E-state index contributed by atoms with van der Waals surface area (Å²) in [4.78, 5) is 2.95. The van der Waals surface area contributed by atoms with E-state index in [0.717, 1.165) is 17.5 Å². The lowest BCUT2D eigenvalue weighted by molar-refractivity contribution is -0.0814. The molecule has 1 heterocycles. The van der Waals surface area contributed by atoms with Gasteiger partial charge in [-0.2, -0.15) is 0 Å². The monoisotopic (exact) mass is 264 g/mol. The first kappa shape index (κ1) is 13.9. The quantitative estimate of drug-likeness (QED) is 0.835. The van der Waals surface area contributed by atoms with Gasteiger partial charge in [-0.1, -0.05) is 25.7 Å². The van der Waals surface area contributed by atoms with Crippen molar-refractivity contribution in [3.05, 3.63) is 0 Å². The summed E-state index contributed by atoms with van der Waals surface area (Å²) in [5.41, 5.74) is 0.757. The fourth-order valence-corrected chi connectivity index (χ4v) is 5.09. The minimum atomic E-state index is 0.757. The average Bonchev–Trinajstić information content (AvgIpc) is 2.46. The summed E-state index contributed by atoms with van der Waals surface area (Å²) >= 11 is 0. The predicted molar refractivity (Wildman–Crippen MR) is 81.4 cm³/mol. The zero-order valence-electron chi connectivity index (χ0n) is 12.8. The lowest BCUT2D eigenvalue weighted by atomic mass is 9.56. The highest BCUT2D eigenvalue weighted by Crippen LogP contribution is 2.54. The molecule has 1 N–H and O–H groups in total. The number of hydrogen-bond donors (Lipinski definition) is 1. The highest BCUT2D eigenvalue weighted by molar-refractivity contribution is 5.04. The highest BCUT2D eigenvalue weighted by Gasteiger charge is 2.50. The summed E-state index contributed by atoms with van der Waals surface area (Å²) in [5, 5.41) is 3.35. The van der Waals surface area contributed by atoms with Gasteiger partial charge in [0.05, 0.1) is 0 Å². The van der Waals surface area contributed by atoms with Crippen LogP contribution < -0.4 is 5.32 Å². The molecule has 0 bridgehead atoms. The molecule has 0 aromatic carbocycles. The number of likely N-dealkylation sites (tertiary alicyclic amines) is 1. The second kappa shape index (κ2) is 6.13. The van der Waals surface area contributed by atoms with Crippen LogP contribution in [0.5, 0.6) is 0 Å². The molecule has 2 aliphatic carbocycles. The van der Waals surface area contributed by atoms with E-state index in [9.17, 15) is 0 Å². The van der Waals surface area contributed by atoms with Crippen molar-refractivity contribution in [2.24, 2.45) is 5.41 Å². The zero-order valence-corrected chi connectivity index (χ0v) is 12.8. The predicted octanol–water partition coefficient (Wildman–Crippen LogP) is 3.56. The van der Waals surface area contributed by atoms with Crippen LogP contribution in [0.2, 0.25) is 0 Å². The van der Waals surface area contributed by atoms with Crippen LogP contribution >= 0.6 is 0 Å². The lowest BCUT2D eigenvalue weighted by Crippen LogP contribution is -2.60. The van der Waals surface area contributed by atoms with E-state index in [1.807, 2.05) is 0 Å². The van der Waals surface area contributed by atoms with Gasteiger partial charge in [0.2, 0.25) is 0 Å². The zero-order chi connectivity index (χ0) is 13.1. The minimum Gasteiger partial charge on any atom is -0.320 e. The summed E-state index contributed by atoms with van der Waals surface area (Å²) in [5.74, 6) is 0. The van der Waals surface area contributed by atoms with Gasteiger partial charge in [0, 0.05) is 12.1 Å². The van der Waals surface area contributed by atoms with Gasteiger partial charge in [0.1, 0.15) is 0 Å². The van der Waals surface area contributed by atoms with Crippen LogP contribution in [0.3, 0.4) is 0 Å². The Labute approximate surface area is 119 Å². The maximum Gasteiger partial charge on any atom is 0.0155 e. The Kier molecular flexibility index (Phi) is 4.48. The molecule has 1 spiro atoms. The third kappa shape index (κ3) is 2.71. The molecule has 0 radical (unpaired) electrons. The summed E-state index contributed by atoms with van der Waals surface area (Å²) in [6.07, 6.45) is 16.3. The number of piperidine rings is 1. The van der Waals surface area contributed by atoms with Gasteiger partial charge in [0.15, 0.2) is 0 Å². The van der Waals surface area contributed by atoms with Crippen LogP contribution in [0.4, 0.5) is 0 Å². The summed E-state index contributed by atoms with van der Waals surface area (Å²) in [6, 6.07) is 1.83. The van der Waals surface area contributed by atoms with E-state index in [1.165, 1.54) is 83.7 Å². The van der Waals surface area contributed by atoms with E-state index < -0.39 is 0 Å². The number of rotatable bonds is 4. The molecule has 2 unspecified atom stereocenters. The molecule has 110 valence electrons. The maximum atomic E-state index is 3.35. The van der Waals surface area contributed by atoms with E-state index in [1.54, 1.807) is 0 Å². The van der Waals surface area contributed by atoms with E-state index in [0.29, 0.717) is 0 Å². The SMILES string of the molecule is CNCCC1CCCCN1C1CCC12CCCCC2. The number of nitrogens with one attached hydrogen (secondary N) is 1. The van der Waals surface area contributed by atoms with Crippen molar-refractivity contribution in [2.75, 3.05) is 20.1 Å². The number of hydrogen-bond acceptors (Lipinski definition) is 2. The molecule has 2 nitrogen and oxygen atoms in total. The normalized spacial score (nSPS) is 35.2. The van der Waals surface area contributed by atoms with Gasteiger partial charge in [0.25, 0.3) is 0 Å². The second-order valence-electron chi connectivity index (χ2n) is 7.26. The van der Waals surface area contributed by atoms with Crippen LogP contribution in [-0.2, 0) is 0 Å². The molecular formula is C17H32N2. The Morgan fingerprint density at radius 3 is 2.53 bits per heavy atom. The molecule has 1 aliphatic heterocycles. The molecule has 2 atom stereocenters. The molecule has 2 saturated carbocycles. The van der Waals surface area contributed by atoms with Gasteiger partial charge >= 0.3 is 0 Å². The van der Waals surface area contributed by atoms with E-state index in [-0.39, 0.29) is 0 Å². The van der Waals surface area contributed by atoms with Gasteiger partial charge in [-0.15, -0.1) is 0 Å². The van der Waals surface area contributed by atoms with Crippen molar-refractivity contribution in [1.29, 1.82) is 0 Å². The molecule has 3 rings (SSSR count). The van der Waals surface area contributed by atoms with Gasteiger partial charge in [-0.3, -0.25) is 4.90 Å². The molecule has 3 aliphatic rings. The first-order valence-corrected chi connectivity index (χ1v) is 8.76. The summed E-state index contributed by atoms with van der Waals surface area (Å²) in [7, 11) is 2.10. The van der Waals surface area contributed by atoms with Crippen LogP contribution in [-0.4, -0.2) is 37.1 Å². The Balaban J connectivity index is 1.65. The van der Waals surface area contributed by atoms with Crippen LogP contribution in [0, 0.1) is 5.41 Å². The van der Waals surface area contributed by atoms with Crippen molar-refractivity contribution in [1.82, 2.24) is 10.2 Å². The van der Waals surface area contributed by atoms with Gasteiger partial charge in [-0.05, 0) is 70.5 Å². The second-order valence-corrected chi connectivity index (χ2v) is 7.26. The van der Waals surface area contributed by atoms with E-state index in [2.05, 4.69) is 17.3 Å². The molecule has 19 heavy (non-hydrogen) atoms. The Morgan fingerprint density at radius 1 is 1.00 bits per heavy atom. The third-order valence-electron chi connectivity index (χ3n) is 6.27. The largest absolute Gasteiger partial charge is 0.320 e. The summed E-state index contributed by atoms with van der Waals surface area (Å²) < 4.78 is 0. The Bertz CT molecular complexity index is 283. The Morgan fingerprint density at radius 2 is 1.84 bits per heavy atom. The van der Waals surface area contributed by atoms with Gasteiger partial charge in [-0.25, -0.2) is 0 Å². The summed E-state index contributed by atoms with van der Waals surface area (Å²) in [6.45, 7) is 2.59. The standard InChI is InChI=1S/C17H32N2/c1-18-13-9-15-7-3-6-14-19(15)16-8-12-17(16)10-4-2-5-11-17/h15-16,18H,2-14H2,1H3. The molecule has 1 saturated heterocycles. The van der Waals surface area contributed by atoms with Crippen LogP contribution in [0.1, 0.15) is 70.6 Å². The first-order chi connectivity index (χ1) is 9.36. The fraction of sp³-hybridized carbons (Fsp3) is 1.00. The van der Waals surface area contributed by atoms with E-state index >= 15 is 0 Å². The lowest BCUT2D eigenvalue weighted by Gasteiger charge is -2.59. The van der Waals surface area contributed by atoms with Crippen LogP contribution in [0.25, 0.3) is 0 Å². The molecule has 0 aromatic rings. The minimum absolute atomic E-state index is 0.757. The van der Waals surface area contributed by atoms with Crippen molar-refractivity contribution in [3.63, 3.8) is 0 Å². The van der Waals surface area contributed by atoms with Crippen molar-refractivity contribution >= 4 is 0 Å². The highest BCUT2D eigenvalue weighted by atomic mass is 15.2. The topological polar surface area (TPSA) is 15.3 Å². The molecule has 0 amide bonds. The van der Waals surface area contributed by atoms with Crippen molar-refractivity contribution in [2.45, 2.75) is 82.7 Å². The van der Waals surface area contributed by atoms with Crippen molar-refractivity contribution < 1.29 is 0 Å².